The van der Waals surface area contributed by atoms with Gasteiger partial charge in [0, 0.05) is 17.2 Å². The predicted molar refractivity (Wildman–Crippen MR) is 97.8 cm³/mol. The minimum absolute atomic E-state index is 0.0297. The summed E-state index contributed by atoms with van der Waals surface area (Å²) < 4.78 is 5.44. The third-order valence-corrected chi connectivity index (χ3v) is 6.70. The lowest BCUT2D eigenvalue weighted by Crippen LogP contribution is -2.55. The van der Waals surface area contributed by atoms with E-state index in [1.807, 2.05) is 24.3 Å². The van der Waals surface area contributed by atoms with Crippen molar-refractivity contribution in [3.8, 4) is 11.3 Å². The van der Waals surface area contributed by atoms with E-state index in [0.717, 1.165) is 17.4 Å². The molecule has 1 N–H and O–H groups in total. The second-order valence-electron chi connectivity index (χ2n) is 8.33. The van der Waals surface area contributed by atoms with Crippen LogP contribution in [0.25, 0.3) is 11.3 Å². The zero-order chi connectivity index (χ0) is 17.7. The molecular formula is C22H23NO3. The highest BCUT2D eigenvalue weighted by Crippen LogP contribution is 2.53. The average Bonchev–Trinajstić information content (AvgIpc) is 3.13. The molecule has 0 spiro atoms. The number of amides is 1. The van der Waals surface area contributed by atoms with Gasteiger partial charge in [-0.1, -0.05) is 12.1 Å². The van der Waals surface area contributed by atoms with E-state index >= 15 is 0 Å². The Hall–Kier alpha value is -2.36. The summed E-state index contributed by atoms with van der Waals surface area (Å²) in [6, 6.07) is 11.2. The molecule has 4 saturated carbocycles. The van der Waals surface area contributed by atoms with Crippen molar-refractivity contribution >= 4 is 12.2 Å². The van der Waals surface area contributed by atoms with Crippen LogP contribution in [0, 0.1) is 23.7 Å². The second kappa shape index (κ2) is 6.11. The highest BCUT2D eigenvalue weighted by atomic mass is 16.3. The fraction of sp³-hybridized carbons (Fsp3) is 0.455. The smallest absolute Gasteiger partial charge is 0.251 e. The van der Waals surface area contributed by atoms with Gasteiger partial charge < -0.3 is 9.73 Å². The first-order chi connectivity index (χ1) is 12.7. The first kappa shape index (κ1) is 15.9. The number of furan rings is 1. The highest BCUT2D eigenvalue weighted by molar-refractivity contribution is 5.94. The Bertz CT molecular complexity index is 807. The average molecular weight is 349 g/mol. The molecule has 4 aliphatic rings. The summed E-state index contributed by atoms with van der Waals surface area (Å²) in [4.78, 5) is 23.5. The van der Waals surface area contributed by atoms with Crippen molar-refractivity contribution in [2.75, 3.05) is 0 Å². The summed E-state index contributed by atoms with van der Waals surface area (Å²) in [6.45, 7) is 0. The van der Waals surface area contributed by atoms with Gasteiger partial charge in [-0.15, -0.1) is 0 Å². The summed E-state index contributed by atoms with van der Waals surface area (Å²) in [5, 5.41) is 3.34. The molecule has 134 valence electrons. The van der Waals surface area contributed by atoms with Gasteiger partial charge in [0.15, 0.2) is 12.0 Å². The number of nitrogens with one attached hydrogen (secondary N) is 1. The van der Waals surface area contributed by atoms with Crippen LogP contribution in [0.3, 0.4) is 0 Å². The fourth-order valence-electron chi connectivity index (χ4n) is 5.75. The molecule has 4 heteroatoms. The van der Waals surface area contributed by atoms with Gasteiger partial charge in [-0.3, -0.25) is 9.59 Å². The van der Waals surface area contributed by atoms with Gasteiger partial charge >= 0.3 is 0 Å². The standard InChI is InChI=1S/C22H23NO3/c24-12-19-5-6-20(26-19)15-1-3-16(4-2-15)22(25)23-21-17-8-13-7-14(10-17)11-18(21)9-13/h1-6,12-14,17-18,21H,7-11H2,(H,23,25). The molecule has 4 aliphatic carbocycles. The molecule has 4 nitrogen and oxygen atoms in total. The monoisotopic (exact) mass is 349 g/mol. The number of carbonyl (C=O) groups is 2. The van der Waals surface area contributed by atoms with Crippen molar-refractivity contribution < 1.29 is 14.0 Å². The van der Waals surface area contributed by atoms with Crippen LogP contribution in [-0.2, 0) is 0 Å². The lowest BCUT2D eigenvalue weighted by atomic mass is 9.54. The topological polar surface area (TPSA) is 59.3 Å². The van der Waals surface area contributed by atoms with E-state index in [-0.39, 0.29) is 5.91 Å². The number of benzene rings is 1. The molecule has 4 bridgehead atoms. The molecule has 1 aromatic heterocycles. The van der Waals surface area contributed by atoms with Crippen LogP contribution in [0.2, 0.25) is 0 Å². The number of hydrogen-bond donors (Lipinski definition) is 1. The van der Waals surface area contributed by atoms with Gasteiger partial charge in [0.25, 0.3) is 5.91 Å². The third kappa shape index (κ3) is 2.68. The Labute approximate surface area is 153 Å². The molecule has 1 amide bonds. The maximum Gasteiger partial charge on any atom is 0.251 e. The quantitative estimate of drug-likeness (QED) is 0.837. The van der Waals surface area contributed by atoms with E-state index in [2.05, 4.69) is 5.32 Å². The van der Waals surface area contributed by atoms with Crippen molar-refractivity contribution in [1.82, 2.24) is 5.32 Å². The van der Waals surface area contributed by atoms with E-state index in [1.165, 1.54) is 32.1 Å². The van der Waals surface area contributed by atoms with Gasteiger partial charge in [0.2, 0.25) is 0 Å². The lowest BCUT2D eigenvalue weighted by Gasteiger charge is -2.54. The summed E-state index contributed by atoms with van der Waals surface area (Å²) in [5.74, 6) is 4.16. The van der Waals surface area contributed by atoms with Gasteiger partial charge in [-0.05, 0) is 80.0 Å². The number of carbonyl (C=O) groups excluding carboxylic acids is 2. The molecule has 0 unspecified atom stereocenters. The Morgan fingerprint density at radius 1 is 0.923 bits per heavy atom. The fourth-order valence-corrected chi connectivity index (χ4v) is 5.75. The largest absolute Gasteiger partial charge is 0.453 e. The van der Waals surface area contributed by atoms with E-state index < -0.39 is 0 Å². The van der Waals surface area contributed by atoms with Crippen LogP contribution in [0.1, 0.15) is 53.0 Å². The Balaban J connectivity index is 1.29. The van der Waals surface area contributed by atoms with E-state index in [4.69, 9.17) is 4.42 Å². The first-order valence-electron chi connectivity index (χ1n) is 9.66. The van der Waals surface area contributed by atoms with Crippen LogP contribution in [-0.4, -0.2) is 18.2 Å². The van der Waals surface area contributed by atoms with Gasteiger partial charge in [0.1, 0.15) is 5.76 Å². The summed E-state index contributed by atoms with van der Waals surface area (Å²) in [7, 11) is 0. The Kier molecular flexibility index (Phi) is 3.73. The van der Waals surface area contributed by atoms with Crippen molar-refractivity contribution in [1.29, 1.82) is 0 Å². The molecule has 6 rings (SSSR count). The normalized spacial score (nSPS) is 31.8. The maximum absolute atomic E-state index is 12.8. The van der Waals surface area contributed by atoms with Crippen molar-refractivity contribution in [2.24, 2.45) is 23.7 Å². The molecule has 0 saturated heterocycles. The SMILES string of the molecule is O=Cc1ccc(-c2ccc(C(=O)NC3C4CC5CC(C4)CC3C5)cc2)o1. The van der Waals surface area contributed by atoms with E-state index in [1.54, 1.807) is 12.1 Å². The Morgan fingerprint density at radius 2 is 1.58 bits per heavy atom. The minimum Gasteiger partial charge on any atom is -0.453 e. The summed E-state index contributed by atoms with van der Waals surface area (Å²) in [5.41, 5.74) is 1.55. The van der Waals surface area contributed by atoms with Crippen LogP contribution in [0.5, 0.6) is 0 Å². The molecule has 26 heavy (non-hydrogen) atoms. The predicted octanol–water partition coefficient (Wildman–Crippen LogP) is 4.31. The number of aldehydes is 1. The van der Waals surface area contributed by atoms with Crippen molar-refractivity contribution in [2.45, 2.75) is 38.1 Å². The molecule has 1 heterocycles. The number of rotatable bonds is 4. The van der Waals surface area contributed by atoms with Crippen LogP contribution in [0.15, 0.2) is 40.8 Å². The van der Waals surface area contributed by atoms with Crippen molar-refractivity contribution in [3.63, 3.8) is 0 Å². The third-order valence-electron chi connectivity index (χ3n) is 6.70. The zero-order valence-corrected chi connectivity index (χ0v) is 14.7. The van der Waals surface area contributed by atoms with Crippen molar-refractivity contribution in [3.05, 3.63) is 47.7 Å². The van der Waals surface area contributed by atoms with Gasteiger partial charge in [-0.25, -0.2) is 0 Å². The zero-order valence-electron chi connectivity index (χ0n) is 14.7. The maximum atomic E-state index is 12.8. The van der Waals surface area contributed by atoms with Crippen LogP contribution in [0.4, 0.5) is 0 Å². The van der Waals surface area contributed by atoms with Crippen LogP contribution < -0.4 is 5.32 Å². The van der Waals surface area contributed by atoms with Gasteiger partial charge in [0.05, 0.1) is 0 Å². The molecule has 2 aromatic rings. The molecule has 0 radical (unpaired) electrons. The van der Waals surface area contributed by atoms with E-state index in [0.29, 0.717) is 41.2 Å². The first-order valence-corrected chi connectivity index (χ1v) is 9.66. The molecule has 0 atom stereocenters. The number of hydrogen-bond acceptors (Lipinski definition) is 3. The van der Waals surface area contributed by atoms with E-state index in [9.17, 15) is 9.59 Å². The lowest BCUT2D eigenvalue weighted by molar-refractivity contribution is -0.0119. The summed E-state index contributed by atoms with van der Waals surface area (Å²) in [6.07, 6.45) is 7.32. The summed E-state index contributed by atoms with van der Waals surface area (Å²) >= 11 is 0. The molecule has 0 aliphatic heterocycles. The molecular weight excluding hydrogens is 326 g/mol. The second-order valence-corrected chi connectivity index (χ2v) is 8.33. The molecule has 1 aromatic carbocycles. The molecule has 4 fully saturated rings. The van der Waals surface area contributed by atoms with Gasteiger partial charge in [-0.2, -0.15) is 0 Å². The minimum atomic E-state index is 0.0297. The van der Waals surface area contributed by atoms with Crippen LogP contribution >= 0.6 is 0 Å². The highest BCUT2D eigenvalue weighted by Gasteiger charge is 2.48. The Morgan fingerprint density at radius 3 is 2.15 bits per heavy atom.